The molecule has 3 rings (SSSR count). The Morgan fingerprint density at radius 2 is 1.85 bits per heavy atom. The molecule has 0 radical (unpaired) electrons. The number of carbonyl (C=O) groups is 1. The minimum absolute atomic E-state index is 0.104. The van der Waals surface area contributed by atoms with Crippen LogP contribution < -0.4 is 10.9 Å². The molecule has 0 bridgehead atoms. The molecule has 134 valence electrons. The highest BCUT2D eigenvalue weighted by molar-refractivity contribution is 5.78. The highest BCUT2D eigenvalue weighted by atomic mass is 19.1. The van der Waals surface area contributed by atoms with Crippen LogP contribution in [0.2, 0.25) is 0 Å². The third-order valence-corrected chi connectivity index (χ3v) is 3.97. The van der Waals surface area contributed by atoms with Crippen LogP contribution in [0.15, 0.2) is 53.3 Å². The lowest BCUT2D eigenvalue weighted by Gasteiger charge is -2.14. The van der Waals surface area contributed by atoms with Crippen molar-refractivity contribution >= 4 is 16.8 Å². The molecule has 26 heavy (non-hydrogen) atoms. The van der Waals surface area contributed by atoms with Gasteiger partial charge in [0.1, 0.15) is 11.6 Å². The lowest BCUT2D eigenvalue weighted by Crippen LogP contribution is -2.30. The number of benzene rings is 2. The van der Waals surface area contributed by atoms with E-state index >= 15 is 0 Å². The fraction of sp³-hybridized carbons (Fsp3) is 0.250. The number of amides is 1. The van der Waals surface area contributed by atoms with Gasteiger partial charge in [0.2, 0.25) is 5.91 Å². The largest absolute Gasteiger partial charge is 0.349 e. The number of nitrogens with zero attached hydrogens (tertiary/aromatic N) is 2. The smallest absolute Gasteiger partial charge is 0.266 e. The molecule has 0 aliphatic heterocycles. The topological polar surface area (TPSA) is 64.0 Å². The van der Waals surface area contributed by atoms with Crippen molar-refractivity contribution in [2.75, 3.05) is 0 Å². The molecule has 1 N–H and O–H groups in total. The summed E-state index contributed by atoms with van der Waals surface area (Å²) in [6.45, 7) is 4.04. The van der Waals surface area contributed by atoms with Crippen LogP contribution in [0.4, 0.5) is 4.39 Å². The van der Waals surface area contributed by atoms with Gasteiger partial charge < -0.3 is 5.32 Å². The molecule has 3 aromatic rings. The second-order valence-electron chi connectivity index (χ2n) is 6.54. The fourth-order valence-electron chi connectivity index (χ4n) is 2.77. The van der Waals surface area contributed by atoms with Crippen molar-refractivity contribution in [3.05, 3.63) is 70.5 Å². The number of halogens is 1. The summed E-state index contributed by atoms with van der Waals surface area (Å²) < 4.78 is 14.7. The first-order chi connectivity index (χ1) is 12.5. The zero-order chi connectivity index (χ0) is 18.7. The predicted molar refractivity (Wildman–Crippen MR) is 98.6 cm³/mol. The predicted octanol–water partition coefficient (Wildman–Crippen LogP) is 3.19. The maximum Gasteiger partial charge on any atom is 0.266 e. The van der Waals surface area contributed by atoms with Crippen molar-refractivity contribution < 1.29 is 9.18 Å². The van der Waals surface area contributed by atoms with Gasteiger partial charge in [-0.2, -0.15) is 0 Å². The van der Waals surface area contributed by atoms with Crippen molar-refractivity contribution in [2.24, 2.45) is 5.92 Å². The SMILES string of the molecule is CC(C)CC(=O)NCc1nc2ccccc2c(=O)n1-c1ccc(F)cc1. The van der Waals surface area contributed by atoms with Crippen LogP contribution in [0.3, 0.4) is 0 Å². The Bertz CT molecular complexity index is 994. The third kappa shape index (κ3) is 3.79. The molecule has 5 nitrogen and oxygen atoms in total. The Labute approximate surface area is 150 Å². The number of hydrogen-bond donors (Lipinski definition) is 1. The van der Waals surface area contributed by atoms with Gasteiger partial charge in [-0.25, -0.2) is 9.37 Å². The first-order valence-corrected chi connectivity index (χ1v) is 8.49. The van der Waals surface area contributed by atoms with Gasteiger partial charge in [0, 0.05) is 6.42 Å². The molecular weight excluding hydrogens is 333 g/mol. The number of nitrogens with one attached hydrogen (secondary N) is 1. The summed E-state index contributed by atoms with van der Waals surface area (Å²) in [5, 5.41) is 3.28. The van der Waals surface area contributed by atoms with Crippen LogP contribution in [-0.2, 0) is 11.3 Å². The van der Waals surface area contributed by atoms with Crippen molar-refractivity contribution in [1.82, 2.24) is 14.9 Å². The Hall–Kier alpha value is -3.02. The number of aromatic nitrogens is 2. The van der Waals surface area contributed by atoms with E-state index in [-0.39, 0.29) is 29.7 Å². The van der Waals surface area contributed by atoms with E-state index in [1.165, 1.54) is 28.8 Å². The molecule has 1 heterocycles. The van der Waals surface area contributed by atoms with Crippen LogP contribution in [-0.4, -0.2) is 15.5 Å². The van der Waals surface area contributed by atoms with E-state index in [9.17, 15) is 14.0 Å². The van der Waals surface area contributed by atoms with Gasteiger partial charge in [-0.05, 0) is 42.3 Å². The van der Waals surface area contributed by atoms with Gasteiger partial charge in [-0.15, -0.1) is 0 Å². The lowest BCUT2D eigenvalue weighted by molar-refractivity contribution is -0.122. The van der Waals surface area contributed by atoms with Gasteiger partial charge >= 0.3 is 0 Å². The normalized spacial score (nSPS) is 11.1. The molecule has 0 unspecified atom stereocenters. The van der Waals surface area contributed by atoms with E-state index < -0.39 is 0 Å². The Kier molecular flexibility index (Phi) is 5.11. The standard InChI is InChI=1S/C20H20FN3O2/c1-13(2)11-19(25)22-12-18-23-17-6-4-3-5-16(17)20(26)24(18)15-9-7-14(21)8-10-15/h3-10,13H,11-12H2,1-2H3,(H,22,25). The molecule has 0 atom stereocenters. The Balaban J connectivity index is 2.07. The molecule has 0 aliphatic carbocycles. The van der Waals surface area contributed by atoms with E-state index in [1.54, 1.807) is 24.3 Å². The summed E-state index contributed by atoms with van der Waals surface area (Å²) in [5.41, 5.74) is 0.807. The van der Waals surface area contributed by atoms with E-state index in [1.807, 2.05) is 13.8 Å². The van der Waals surface area contributed by atoms with E-state index in [2.05, 4.69) is 10.3 Å². The highest BCUT2D eigenvalue weighted by Gasteiger charge is 2.14. The van der Waals surface area contributed by atoms with E-state index in [4.69, 9.17) is 0 Å². The minimum Gasteiger partial charge on any atom is -0.349 e. The average Bonchev–Trinajstić information content (AvgIpc) is 2.61. The summed E-state index contributed by atoms with van der Waals surface area (Å²) in [5.74, 6) is 0.145. The summed E-state index contributed by atoms with van der Waals surface area (Å²) in [6, 6.07) is 12.6. The van der Waals surface area contributed by atoms with Crippen molar-refractivity contribution in [3.63, 3.8) is 0 Å². The molecular formula is C20H20FN3O2. The number of para-hydroxylation sites is 1. The Morgan fingerprint density at radius 3 is 2.54 bits per heavy atom. The van der Waals surface area contributed by atoms with Crippen LogP contribution in [0.5, 0.6) is 0 Å². The summed E-state index contributed by atoms with van der Waals surface area (Å²) in [7, 11) is 0. The van der Waals surface area contributed by atoms with Gasteiger partial charge in [-0.3, -0.25) is 14.2 Å². The monoisotopic (exact) mass is 353 g/mol. The number of hydrogen-bond acceptors (Lipinski definition) is 3. The Morgan fingerprint density at radius 1 is 1.15 bits per heavy atom. The van der Waals surface area contributed by atoms with E-state index in [0.29, 0.717) is 28.8 Å². The van der Waals surface area contributed by atoms with Crippen LogP contribution in [0, 0.1) is 11.7 Å². The average molecular weight is 353 g/mol. The second kappa shape index (κ2) is 7.47. The molecule has 1 aromatic heterocycles. The summed E-state index contributed by atoms with van der Waals surface area (Å²) in [6.07, 6.45) is 0.397. The fourth-order valence-corrected chi connectivity index (χ4v) is 2.77. The molecule has 2 aromatic carbocycles. The molecule has 0 spiro atoms. The first-order valence-electron chi connectivity index (χ1n) is 8.49. The molecule has 0 aliphatic rings. The molecule has 6 heteroatoms. The quantitative estimate of drug-likeness (QED) is 0.766. The number of fused-ring (bicyclic) bond motifs is 1. The van der Waals surface area contributed by atoms with Crippen molar-refractivity contribution in [3.8, 4) is 5.69 Å². The highest BCUT2D eigenvalue weighted by Crippen LogP contribution is 2.14. The van der Waals surface area contributed by atoms with E-state index in [0.717, 1.165) is 0 Å². The second-order valence-corrected chi connectivity index (χ2v) is 6.54. The zero-order valence-corrected chi connectivity index (χ0v) is 14.7. The van der Waals surface area contributed by atoms with Gasteiger partial charge in [0.15, 0.2) is 0 Å². The number of rotatable bonds is 5. The molecule has 1 amide bonds. The van der Waals surface area contributed by atoms with Gasteiger partial charge in [0.05, 0.1) is 23.1 Å². The van der Waals surface area contributed by atoms with Crippen LogP contribution in [0.25, 0.3) is 16.6 Å². The van der Waals surface area contributed by atoms with Crippen molar-refractivity contribution in [2.45, 2.75) is 26.8 Å². The zero-order valence-electron chi connectivity index (χ0n) is 14.7. The molecule has 0 fully saturated rings. The third-order valence-electron chi connectivity index (χ3n) is 3.97. The van der Waals surface area contributed by atoms with Crippen molar-refractivity contribution in [1.29, 1.82) is 0 Å². The first kappa shape index (κ1) is 17.8. The van der Waals surface area contributed by atoms with Crippen LogP contribution in [0.1, 0.15) is 26.1 Å². The number of carbonyl (C=O) groups excluding carboxylic acids is 1. The van der Waals surface area contributed by atoms with Gasteiger partial charge in [-0.1, -0.05) is 26.0 Å². The molecule has 0 saturated carbocycles. The maximum atomic E-state index is 13.3. The maximum absolute atomic E-state index is 13.3. The van der Waals surface area contributed by atoms with Gasteiger partial charge in [0.25, 0.3) is 5.56 Å². The lowest BCUT2D eigenvalue weighted by atomic mass is 10.1. The summed E-state index contributed by atoms with van der Waals surface area (Å²) in [4.78, 5) is 29.5. The molecule has 0 saturated heterocycles. The minimum atomic E-state index is -0.387. The van der Waals surface area contributed by atoms with Crippen LogP contribution >= 0.6 is 0 Å². The summed E-state index contributed by atoms with van der Waals surface area (Å²) >= 11 is 0.